The maximum absolute atomic E-state index is 6.23. The van der Waals surface area contributed by atoms with Crippen LogP contribution in [-0.2, 0) is 0 Å². The summed E-state index contributed by atoms with van der Waals surface area (Å²) >= 11 is 4.20. The molecule has 0 saturated carbocycles. The molecule has 2 N–H and O–H groups in total. The van der Waals surface area contributed by atoms with Gasteiger partial charge in [0.2, 0.25) is 0 Å². The Bertz CT molecular complexity index is 270. The molecule has 0 bridgehead atoms. The summed E-state index contributed by atoms with van der Waals surface area (Å²) < 4.78 is 0. The summed E-state index contributed by atoms with van der Waals surface area (Å²) in [4.78, 5) is 2.71. The quantitative estimate of drug-likeness (QED) is 0.836. The normalized spacial score (nSPS) is 39.2. The molecule has 0 aromatic carbocycles. The monoisotopic (exact) mass is 274 g/mol. The largest absolute Gasteiger partial charge is 0.329 e. The second-order valence-corrected chi connectivity index (χ2v) is 8.70. The van der Waals surface area contributed by atoms with Crippen LogP contribution in [0.15, 0.2) is 0 Å². The minimum absolute atomic E-state index is 0.227. The number of thioether (sulfide) groups is 2. The summed E-state index contributed by atoms with van der Waals surface area (Å²) in [6.07, 6.45) is 1.30. The van der Waals surface area contributed by atoms with Crippen molar-refractivity contribution in [3.63, 3.8) is 0 Å². The Balaban J connectivity index is 2.22. The van der Waals surface area contributed by atoms with Crippen LogP contribution in [0.3, 0.4) is 0 Å². The molecule has 0 aromatic heterocycles. The van der Waals surface area contributed by atoms with Crippen molar-refractivity contribution in [3.8, 4) is 0 Å². The van der Waals surface area contributed by atoms with Crippen LogP contribution in [0.25, 0.3) is 0 Å². The first-order chi connectivity index (χ1) is 8.02. The lowest BCUT2D eigenvalue weighted by Gasteiger charge is -2.57. The topological polar surface area (TPSA) is 29.3 Å². The number of nitrogens with two attached hydrogens (primary N) is 1. The Morgan fingerprint density at radius 1 is 1.35 bits per heavy atom. The summed E-state index contributed by atoms with van der Waals surface area (Å²) in [6, 6.07) is 0. The first kappa shape index (κ1) is 14.0. The number of nitrogens with zero attached hydrogens (tertiary/aromatic N) is 1. The smallest absolute Gasteiger partial charge is 0.0473 e. The molecule has 0 radical (unpaired) electrons. The molecule has 17 heavy (non-hydrogen) atoms. The van der Waals surface area contributed by atoms with Gasteiger partial charge in [0.05, 0.1) is 0 Å². The van der Waals surface area contributed by atoms with Crippen molar-refractivity contribution in [3.05, 3.63) is 0 Å². The lowest BCUT2D eigenvalue weighted by molar-refractivity contribution is 0.00438. The van der Waals surface area contributed by atoms with Gasteiger partial charge in [0.1, 0.15) is 0 Å². The van der Waals surface area contributed by atoms with Gasteiger partial charge in [0.15, 0.2) is 0 Å². The number of hydrogen-bond donors (Lipinski definition) is 1. The van der Waals surface area contributed by atoms with Gasteiger partial charge in [-0.05, 0) is 17.6 Å². The van der Waals surface area contributed by atoms with Crippen LogP contribution in [-0.4, -0.2) is 52.6 Å². The molecule has 2 atom stereocenters. The van der Waals surface area contributed by atoms with Crippen molar-refractivity contribution in [1.29, 1.82) is 0 Å². The van der Waals surface area contributed by atoms with Crippen molar-refractivity contribution in [2.75, 3.05) is 36.9 Å². The molecule has 2 rings (SSSR count). The highest BCUT2D eigenvalue weighted by molar-refractivity contribution is 8.00. The fourth-order valence-electron chi connectivity index (χ4n) is 3.19. The van der Waals surface area contributed by atoms with Gasteiger partial charge >= 0.3 is 0 Å². The van der Waals surface area contributed by atoms with Crippen molar-refractivity contribution in [2.24, 2.45) is 11.1 Å². The number of hydrogen-bond acceptors (Lipinski definition) is 4. The standard InChI is InChI=1S/C13H26N2S2/c1-11-8-15(5-7-17-11)13(9-14)10-16-6-4-12(13,2)3/h11H,4-10,14H2,1-3H3. The van der Waals surface area contributed by atoms with Crippen LogP contribution in [0.5, 0.6) is 0 Å². The second kappa shape index (κ2) is 5.32. The van der Waals surface area contributed by atoms with Gasteiger partial charge < -0.3 is 5.73 Å². The fraction of sp³-hybridized carbons (Fsp3) is 1.00. The Morgan fingerprint density at radius 2 is 2.12 bits per heavy atom. The van der Waals surface area contributed by atoms with Gasteiger partial charge in [0, 0.05) is 41.9 Å². The van der Waals surface area contributed by atoms with E-state index >= 15 is 0 Å². The van der Waals surface area contributed by atoms with E-state index in [9.17, 15) is 0 Å². The Hall–Kier alpha value is 0.620. The van der Waals surface area contributed by atoms with Crippen LogP contribution >= 0.6 is 23.5 Å². The molecule has 2 fully saturated rings. The summed E-state index contributed by atoms with van der Waals surface area (Å²) in [6.45, 7) is 10.4. The molecular weight excluding hydrogens is 248 g/mol. The third-order valence-corrected chi connectivity index (χ3v) is 6.97. The van der Waals surface area contributed by atoms with Gasteiger partial charge in [0.25, 0.3) is 0 Å². The minimum atomic E-state index is 0.227. The third kappa shape index (κ3) is 2.51. The van der Waals surface area contributed by atoms with E-state index in [1.807, 2.05) is 0 Å². The molecule has 2 aliphatic heterocycles. The average molecular weight is 274 g/mol. The highest BCUT2D eigenvalue weighted by Gasteiger charge is 2.50. The van der Waals surface area contributed by atoms with Crippen molar-refractivity contribution in [2.45, 2.75) is 38.0 Å². The summed E-state index contributed by atoms with van der Waals surface area (Å²) in [5, 5.41) is 0.759. The summed E-state index contributed by atoms with van der Waals surface area (Å²) in [5.74, 6) is 3.78. The molecule has 0 amide bonds. The predicted octanol–water partition coefficient (Wildman–Crippen LogP) is 2.28. The highest BCUT2D eigenvalue weighted by Crippen LogP contribution is 2.46. The Labute approximate surface area is 114 Å². The lowest BCUT2D eigenvalue weighted by Crippen LogP contribution is -2.67. The maximum atomic E-state index is 6.23. The van der Waals surface area contributed by atoms with Crippen LogP contribution in [0.2, 0.25) is 0 Å². The molecule has 2 saturated heterocycles. The van der Waals surface area contributed by atoms with Crippen molar-refractivity contribution >= 4 is 23.5 Å². The van der Waals surface area contributed by atoms with Gasteiger partial charge in [-0.3, -0.25) is 4.90 Å². The van der Waals surface area contributed by atoms with E-state index < -0.39 is 0 Å². The van der Waals surface area contributed by atoms with E-state index in [4.69, 9.17) is 5.73 Å². The molecule has 4 heteroatoms. The highest BCUT2D eigenvalue weighted by atomic mass is 32.2. The summed E-state index contributed by atoms with van der Waals surface area (Å²) in [5.41, 5.74) is 6.81. The van der Waals surface area contributed by atoms with Crippen molar-refractivity contribution in [1.82, 2.24) is 4.90 Å². The Kier molecular flexibility index (Phi) is 4.39. The predicted molar refractivity (Wildman–Crippen MR) is 81.0 cm³/mol. The van der Waals surface area contributed by atoms with Crippen LogP contribution < -0.4 is 5.73 Å². The van der Waals surface area contributed by atoms with Crippen LogP contribution in [0.4, 0.5) is 0 Å². The van der Waals surface area contributed by atoms with Crippen LogP contribution in [0.1, 0.15) is 27.2 Å². The second-order valence-electron chi connectivity index (χ2n) is 6.05. The van der Waals surface area contributed by atoms with Gasteiger partial charge in [-0.2, -0.15) is 23.5 Å². The van der Waals surface area contributed by atoms with E-state index in [1.165, 1.54) is 36.8 Å². The van der Waals surface area contributed by atoms with E-state index in [-0.39, 0.29) is 5.54 Å². The molecule has 2 aliphatic rings. The molecular formula is C13H26N2S2. The van der Waals surface area contributed by atoms with E-state index in [1.54, 1.807) is 0 Å². The number of rotatable bonds is 2. The lowest BCUT2D eigenvalue weighted by atomic mass is 9.69. The fourth-order valence-corrected chi connectivity index (χ4v) is 6.03. The zero-order valence-corrected chi connectivity index (χ0v) is 13.0. The van der Waals surface area contributed by atoms with Gasteiger partial charge in [-0.1, -0.05) is 20.8 Å². The first-order valence-corrected chi connectivity index (χ1v) is 8.87. The van der Waals surface area contributed by atoms with Crippen LogP contribution in [0, 0.1) is 5.41 Å². The molecule has 2 nitrogen and oxygen atoms in total. The zero-order valence-electron chi connectivity index (χ0n) is 11.4. The molecule has 0 aliphatic carbocycles. The average Bonchev–Trinajstić information content (AvgIpc) is 2.29. The molecule has 100 valence electrons. The molecule has 0 spiro atoms. The third-order valence-electron chi connectivity index (χ3n) is 4.66. The van der Waals surface area contributed by atoms with E-state index in [0.717, 1.165) is 11.8 Å². The SMILES string of the molecule is CC1CN(C2(CN)CSCCC2(C)C)CCS1. The van der Waals surface area contributed by atoms with E-state index in [0.29, 0.717) is 5.41 Å². The molecule has 2 heterocycles. The Morgan fingerprint density at radius 3 is 2.71 bits per heavy atom. The van der Waals surface area contributed by atoms with Gasteiger partial charge in [-0.25, -0.2) is 0 Å². The van der Waals surface area contributed by atoms with Crippen molar-refractivity contribution < 1.29 is 0 Å². The molecule has 2 unspecified atom stereocenters. The first-order valence-electron chi connectivity index (χ1n) is 6.66. The van der Waals surface area contributed by atoms with E-state index in [2.05, 4.69) is 49.2 Å². The minimum Gasteiger partial charge on any atom is -0.329 e. The van der Waals surface area contributed by atoms with Gasteiger partial charge in [-0.15, -0.1) is 0 Å². The zero-order chi connectivity index (χ0) is 12.5. The maximum Gasteiger partial charge on any atom is 0.0473 e. The summed E-state index contributed by atoms with van der Waals surface area (Å²) in [7, 11) is 0. The molecule has 0 aromatic rings.